The van der Waals surface area contributed by atoms with Gasteiger partial charge in [0.05, 0.1) is 6.33 Å². The highest BCUT2D eigenvalue weighted by Crippen LogP contribution is 2.27. The molecule has 0 amide bonds. The Bertz CT molecular complexity index is 334. The minimum atomic E-state index is -2.01. The summed E-state index contributed by atoms with van der Waals surface area (Å²) >= 11 is 0. The number of nitrogens with zero attached hydrogens (tertiary/aromatic N) is 2. The molecule has 6 nitrogen and oxygen atoms in total. The zero-order chi connectivity index (χ0) is 8.77. The summed E-state index contributed by atoms with van der Waals surface area (Å²) in [7, 11) is 0. The third-order valence-corrected chi connectivity index (χ3v) is 1.65. The van der Waals surface area contributed by atoms with E-state index in [1.165, 1.54) is 17.1 Å². The van der Waals surface area contributed by atoms with E-state index in [4.69, 9.17) is 0 Å². The molecule has 1 aromatic heterocycles. The van der Waals surface area contributed by atoms with Crippen LogP contribution in [0.25, 0.3) is 0 Å². The van der Waals surface area contributed by atoms with Crippen LogP contribution in [0.1, 0.15) is 5.69 Å². The van der Waals surface area contributed by atoms with E-state index in [-0.39, 0.29) is 0 Å². The molecular formula is C6H6N2O4. The lowest BCUT2D eigenvalue weighted by atomic mass is 10.4. The van der Waals surface area contributed by atoms with Gasteiger partial charge in [-0.2, -0.15) is 0 Å². The third kappa shape index (κ3) is 0.702. The van der Waals surface area contributed by atoms with Crippen molar-refractivity contribution in [3.63, 3.8) is 0 Å². The van der Waals surface area contributed by atoms with Crippen molar-refractivity contribution >= 4 is 5.97 Å². The van der Waals surface area contributed by atoms with Gasteiger partial charge in [-0.1, -0.05) is 0 Å². The third-order valence-electron chi connectivity index (χ3n) is 1.65. The van der Waals surface area contributed by atoms with Gasteiger partial charge in [-0.25, -0.2) is 9.78 Å². The molecule has 2 rings (SSSR count). The predicted molar refractivity (Wildman–Crippen MR) is 34.3 cm³/mol. The summed E-state index contributed by atoms with van der Waals surface area (Å²) in [4.78, 5) is 22.7. The first kappa shape index (κ1) is 7.26. The summed E-state index contributed by atoms with van der Waals surface area (Å²) in [6.07, 6.45) is 2.78. The second-order valence-corrected chi connectivity index (χ2v) is 2.47. The minimum Gasteiger partial charge on any atom is -0.337 e. The van der Waals surface area contributed by atoms with Crippen molar-refractivity contribution in [2.75, 3.05) is 0 Å². The number of carbonyl (C=O) groups excluding carboxylic acids is 1. The zero-order valence-corrected chi connectivity index (χ0v) is 6.22. The van der Waals surface area contributed by atoms with Crippen LogP contribution in [0.3, 0.4) is 0 Å². The van der Waals surface area contributed by atoms with Crippen LogP contribution in [0, 0.1) is 6.92 Å². The number of aryl methyl sites for hydroxylation is 1. The van der Waals surface area contributed by atoms with Gasteiger partial charge in [-0.3, -0.25) is 9.45 Å². The van der Waals surface area contributed by atoms with E-state index in [1.807, 2.05) is 0 Å². The van der Waals surface area contributed by atoms with E-state index in [0.717, 1.165) is 0 Å². The second-order valence-electron chi connectivity index (χ2n) is 2.47. The van der Waals surface area contributed by atoms with Crippen molar-refractivity contribution in [2.24, 2.45) is 0 Å². The molecule has 12 heavy (non-hydrogen) atoms. The molecule has 0 saturated carbocycles. The number of rotatable bonds is 1. The molecule has 64 valence electrons. The molecule has 1 aliphatic heterocycles. The quantitative estimate of drug-likeness (QED) is 0.563. The van der Waals surface area contributed by atoms with Crippen LogP contribution >= 0.6 is 0 Å². The highest BCUT2D eigenvalue weighted by Gasteiger charge is 2.54. The molecule has 1 unspecified atom stereocenters. The number of aromatic nitrogens is 2. The Kier molecular flexibility index (Phi) is 1.24. The molecule has 0 aliphatic carbocycles. The molecule has 1 aromatic rings. The van der Waals surface area contributed by atoms with Crippen LogP contribution in [-0.4, -0.2) is 20.6 Å². The lowest BCUT2D eigenvalue weighted by Gasteiger charge is -2.32. The number of imidazole rings is 1. The molecule has 0 bridgehead atoms. The van der Waals surface area contributed by atoms with E-state index in [1.54, 1.807) is 6.92 Å². The summed E-state index contributed by atoms with van der Waals surface area (Å²) in [5.74, 6) is -2.86. The van der Waals surface area contributed by atoms with Crippen LogP contribution in [0.5, 0.6) is 0 Å². The van der Waals surface area contributed by atoms with Gasteiger partial charge in [0.1, 0.15) is 0 Å². The Morgan fingerprint density at radius 2 is 2.50 bits per heavy atom. The van der Waals surface area contributed by atoms with Crippen molar-refractivity contribution in [3.8, 4) is 0 Å². The van der Waals surface area contributed by atoms with Crippen LogP contribution in [0.2, 0.25) is 0 Å². The highest BCUT2D eigenvalue weighted by atomic mass is 17.3. The van der Waals surface area contributed by atoms with Crippen molar-refractivity contribution in [2.45, 2.75) is 12.8 Å². The van der Waals surface area contributed by atoms with Gasteiger partial charge in [0, 0.05) is 11.9 Å². The highest BCUT2D eigenvalue weighted by molar-refractivity contribution is 5.77. The van der Waals surface area contributed by atoms with Gasteiger partial charge in [-0.15, -0.1) is 4.89 Å². The Morgan fingerprint density at radius 3 is 2.83 bits per heavy atom. The van der Waals surface area contributed by atoms with Gasteiger partial charge in [0.25, 0.3) is 0 Å². The van der Waals surface area contributed by atoms with Crippen molar-refractivity contribution < 1.29 is 19.7 Å². The molecule has 1 saturated heterocycles. The van der Waals surface area contributed by atoms with E-state index in [9.17, 15) is 9.90 Å². The fourth-order valence-electron chi connectivity index (χ4n) is 0.967. The van der Waals surface area contributed by atoms with Crippen molar-refractivity contribution in [1.29, 1.82) is 0 Å². The summed E-state index contributed by atoms with van der Waals surface area (Å²) in [6, 6.07) is 0. The van der Waals surface area contributed by atoms with Gasteiger partial charge >= 0.3 is 11.9 Å². The van der Waals surface area contributed by atoms with Crippen LogP contribution in [0.4, 0.5) is 0 Å². The summed E-state index contributed by atoms with van der Waals surface area (Å²) in [5, 5.41) is 9.45. The minimum absolute atomic E-state index is 0.606. The SMILES string of the molecule is Cc1cncn1C1(O)OOC1=O. The number of hydrogen-bond acceptors (Lipinski definition) is 5. The van der Waals surface area contributed by atoms with Crippen LogP contribution in [0.15, 0.2) is 12.5 Å². The molecular weight excluding hydrogens is 164 g/mol. The summed E-state index contributed by atoms with van der Waals surface area (Å²) < 4.78 is 1.18. The van der Waals surface area contributed by atoms with E-state index in [0.29, 0.717) is 5.69 Å². The Labute approximate surface area is 67.3 Å². The normalized spacial score (nSPS) is 28.0. The number of carbonyl (C=O) groups is 1. The molecule has 1 atom stereocenters. The molecule has 0 aromatic carbocycles. The average molecular weight is 170 g/mol. The fourth-order valence-corrected chi connectivity index (χ4v) is 0.967. The Hall–Kier alpha value is -1.40. The summed E-state index contributed by atoms with van der Waals surface area (Å²) in [5.41, 5.74) is 0.606. The summed E-state index contributed by atoms with van der Waals surface area (Å²) in [6.45, 7) is 1.68. The second kappa shape index (κ2) is 2.05. The average Bonchev–Trinajstić information content (AvgIpc) is 2.47. The van der Waals surface area contributed by atoms with Gasteiger partial charge in [0.15, 0.2) is 0 Å². The maximum atomic E-state index is 10.8. The van der Waals surface area contributed by atoms with Crippen molar-refractivity contribution in [3.05, 3.63) is 18.2 Å². The maximum absolute atomic E-state index is 10.8. The smallest absolute Gasteiger partial charge is 0.337 e. The molecule has 6 heteroatoms. The molecule has 1 fully saturated rings. The van der Waals surface area contributed by atoms with E-state index >= 15 is 0 Å². The first-order valence-electron chi connectivity index (χ1n) is 3.26. The van der Waals surface area contributed by atoms with Crippen molar-refractivity contribution in [1.82, 2.24) is 9.55 Å². The van der Waals surface area contributed by atoms with E-state index in [2.05, 4.69) is 14.8 Å². The monoisotopic (exact) mass is 170 g/mol. The zero-order valence-electron chi connectivity index (χ0n) is 6.22. The number of hydrogen-bond donors (Lipinski definition) is 1. The molecule has 1 N–H and O–H groups in total. The molecule has 2 heterocycles. The van der Waals surface area contributed by atoms with Gasteiger partial charge < -0.3 is 5.11 Å². The number of aliphatic hydroxyl groups is 1. The molecule has 1 aliphatic rings. The topological polar surface area (TPSA) is 73.6 Å². The van der Waals surface area contributed by atoms with Crippen LogP contribution in [-0.2, 0) is 20.5 Å². The molecule has 0 spiro atoms. The lowest BCUT2D eigenvalue weighted by Crippen LogP contribution is -2.54. The fraction of sp³-hybridized carbons (Fsp3) is 0.333. The standard InChI is InChI=1S/C6H6N2O4/c1-4-2-7-3-8(4)6(10)5(9)11-12-6/h2-3,10H,1H3. The Balaban J connectivity index is 2.42. The van der Waals surface area contributed by atoms with Crippen LogP contribution < -0.4 is 0 Å². The van der Waals surface area contributed by atoms with Gasteiger partial charge in [0.2, 0.25) is 0 Å². The first-order valence-corrected chi connectivity index (χ1v) is 3.26. The van der Waals surface area contributed by atoms with E-state index < -0.39 is 11.9 Å². The van der Waals surface area contributed by atoms with Gasteiger partial charge in [-0.05, 0) is 6.92 Å². The predicted octanol–water partition coefficient (Wildman–Crippen LogP) is -0.717. The maximum Gasteiger partial charge on any atom is 0.428 e. The Morgan fingerprint density at radius 1 is 1.75 bits per heavy atom. The molecule has 0 radical (unpaired) electrons. The first-order chi connectivity index (χ1) is 5.64. The lowest BCUT2D eigenvalue weighted by molar-refractivity contribution is -0.491. The largest absolute Gasteiger partial charge is 0.428 e.